The van der Waals surface area contributed by atoms with E-state index in [1.54, 1.807) is 18.3 Å². The number of pyridine rings is 1. The van der Waals surface area contributed by atoms with Gasteiger partial charge in [0.25, 0.3) is 0 Å². The van der Waals surface area contributed by atoms with Crippen molar-refractivity contribution < 1.29 is 13.2 Å². The number of rotatable bonds is 4. The van der Waals surface area contributed by atoms with Crippen LogP contribution >= 0.6 is 0 Å². The van der Waals surface area contributed by atoms with Gasteiger partial charge in [0, 0.05) is 25.0 Å². The number of hydrogen-bond donors (Lipinski definition) is 1. The molecule has 0 radical (unpaired) electrons. The highest BCUT2D eigenvalue weighted by molar-refractivity contribution is 5.12. The Labute approximate surface area is 97.3 Å². The van der Waals surface area contributed by atoms with E-state index in [0.717, 1.165) is 11.3 Å². The first kappa shape index (κ1) is 13.5. The predicted molar refractivity (Wildman–Crippen MR) is 55.8 cm³/mol. The summed E-state index contributed by atoms with van der Waals surface area (Å²) in [5.74, 6) is -1.97. The molecule has 1 rings (SSSR count). The van der Waals surface area contributed by atoms with Crippen molar-refractivity contribution in [3.8, 4) is 6.07 Å². The number of nitriles is 1. The summed E-state index contributed by atoms with van der Waals surface area (Å²) in [6.07, 6.45) is -2.88. The number of nitrogens with one attached hydrogen (secondary N) is 1. The first-order valence-corrected chi connectivity index (χ1v) is 5.02. The third-order valence-electron chi connectivity index (χ3n) is 2.20. The molecule has 3 nitrogen and oxygen atoms in total. The highest BCUT2D eigenvalue weighted by atomic mass is 19.4. The lowest BCUT2D eigenvalue weighted by atomic mass is 10.1. The third kappa shape index (κ3) is 4.41. The summed E-state index contributed by atoms with van der Waals surface area (Å²) in [7, 11) is 0. The fourth-order valence-corrected chi connectivity index (χ4v) is 1.20. The van der Waals surface area contributed by atoms with Crippen molar-refractivity contribution in [2.45, 2.75) is 19.6 Å². The molecule has 1 heterocycles. The van der Waals surface area contributed by atoms with Gasteiger partial charge in [-0.2, -0.15) is 18.4 Å². The molecule has 1 N–H and O–H groups in total. The van der Waals surface area contributed by atoms with Gasteiger partial charge in [-0.15, -0.1) is 0 Å². The Morgan fingerprint density at radius 2 is 2.18 bits per heavy atom. The molecule has 1 aromatic heterocycles. The molecule has 0 saturated heterocycles. The molecule has 0 spiro atoms. The van der Waals surface area contributed by atoms with Crippen molar-refractivity contribution >= 4 is 0 Å². The zero-order chi connectivity index (χ0) is 12.9. The number of aromatic nitrogens is 1. The molecule has 0 amide bonds. The Morgan fingerprint density at radius 1 is 1.47 bits per heavy atom. The van der Waals surface area contributed by atoms with Gasteiger partial charge < -0.3 is 5.32 Å². The average Bonchev–Trinajstić information content (AvgIpc) is 2.25. The number of hydrogen-bond acceptors (Lipinski definition) is 3. The Bertz CT molecular complexity index is 392. The average molecular weight is 243 g/mol. The second-order valence-corrected chi connectivity index (χ2v) is 3.66. The van der Waals surface area contributed by atoms with Gasteiger partial charge in [-0.05, 0) is 18.6 Å². The number of halogens is 3. The first-order valence-electron chi connectivity index (χ1n) is 5.02. The number of alkyl halides is 3. The summed E-state index contributed by atoms with van der Waals surface area (Å²) < 4.78 is 36.7. The molecule has 0 aliphatic heterocycles. The van der Waals surface area contributed by atoms with Crippen LogP contribution in [-0.2, 0) is 6.54 Å². The lowest BCUT2D eigenvalue weighted by Gasteiger charge is -2.13. The Hall–Kier alpha value is -1.61. The maximum Gasteiger partial charge on any atom is 0.405 e. The van der Waals surface area contributed by atoms with E-state index in [1.807, 2.05) is 6.92 Å². The molecular formula is C11H12F3N3. The molecule has 0 bridgehead atoms. The second kappa shape index (κ2) is 5.64. The number of nitrogens with zero attached hydrogens (tertiary/aromatic N) is 2. The van der Waals surface area contributed by atoms with Crippen LogP contribution < -0.4 is 5.32 Å². The van der Waals surface area contributed by atoms with Crippen molar-refractivity contribution in [1.29, 1.82) is 5.26 Å². The van der Waals surface area contributed by atoms with E-state index >= 15 is 0 Å². The lowest BCUT2D eigenvalue weighted by Crippen LogP contribution is -2.32. The van der Waals surface area contributed by atoms with Gasteiger partial charge >= 0.3 is 6.18 Å². The van der Waals surface area contributed by atoms with Crippen LogP contribution in [0.5, 0.6) is 0 Å². The van der Waals surface area contributed by atoms with Crippen LogP contribution in [0.25, 0.3) is 0 Å². The Balaban J connectivity index is 2.42. The molecule has 1 aromatic rings. The molecule has 1 unspecified atom stereocenters. The largest absolute Gasteiger partial charge is 0.405 e. The van der Waals surface area contributed by atoms with E-state index in [2.05, 4.69) is 10.3 Å². The van der Waals surface area contributed by atoms with Crippen LogP contribution in [0, 0.1) is 24.2 Å². The minimum Gasteiger partial charge on any atom is -0.311 e. The summed E-state index contributed by atoms with van der Waals surface area (Å²) in [4.78, 5) is 4.02. The topological polar surface area (TPSA) is 48.7 Å². The molecule has 0 aliphatic carbocycles. The summed E-state index contributed by atoms with van der Waals surface area (Å²) in [6, 6.07) is 4.80. The minimum absolute atomic E-state index is 0.265. The maximum atomic E-state index is 12.2. The standard InChI is InChI=1S/C11H12F3N3/c1-8-2-3-9(6-17-8)5-16-7-10(4-15)11(12,13)14/h2-3,6,10,16H,5,7H2,1H3. The third-order valence-corrected chi connectivity index (χ3v) is 2.20. The minimum atomic E-state index is -4.48. The molecular weight excluding hydrogens is 231 g/mol. The molecule has 17 heavy (non-hydrogen) atoms. The van der Waals surface area contributed by atoms with Gasteiger partial charge in [0.15, 0.2) is 5.92 Å². The van der Waals surface area contributed by atoms with Crippen molar-refractivity contribution in [3.05, 3.63) is 29.6 Å². The van der Waals surface area contributed by atoms with Crippen molar-refractivity contribution in [2.24, 2.45) is 5.92 Å². The normalized spacial score (nSPS) is 13.1. The fraction of sp³-hybridized carbons (Fsp3) is 0.455. The summed E-state index contributed by atoms with van der Waals surface area (Å²) in [5.41, 5.74) is 1.63. The monoisotopic (exact) mass is 243 g/mol. The lowest BCUT2D eigenvalue weighted by molar-refractivity contribution is -0.157. The Kier molecular flexibility index (Phi) is 4.46. The summed E-state index contributed by atoms with van der Waals surface area (Å²) >= 11 is 0. The van der Waals surface area contributed by atoms with Crippen LogP contribution in [0.3, 0.4) is 0 Å². The highest BCUT2D eigenvalue weighted by Gasteiger charge is 2.39. The van der Waals surface area contributed by atoms with Gasteiger partial charge in [0.2, 0.25) is 0 Å². The van der Waals surface area contributed by atoms with Crippen LogP contribution in [0.15, 0.2) is 18.3 Å². The predicted octanol–water partition coefficient (Wildman–Crippen LogP) is 2.18. The SMILES string of the molecule is Cc1ccc(CNCC(C#N)C(F)(F)F)cn1. The van der Waals surface area contributed by atoms with Crippen LogP contribution in [-0.4, -0.2) is 17.7 Å². The van der Waals surface area contributed by atoms with Gasteiger partial charge in [-0.3, -0.25) is 4.98 Å². The molecule has 0 saturated carbocycles. The van der Waals surface area contributed by atoms with Crippen molar-refractivity contribution in [3.63, 3.8) is 0 Å². The fourth-order valence-electron chi connectivity index (χ4n) is 1.20. The van der Waals surface area contributed by atoms with Crippen LogP contribution in [0.1, 0.15) is 11.3 Å². The van der Waals surface area contributed by atoms with E-state index in [9.17, 15) is 13.2 Å². The van der Waals surface area contributed by atoms with Crippen molar-refractivity contribution in [1.82, 2.24) is 10.3 Å². The molecule has 92 valence electrons. The highest BCUT2D eigenvalue weighted by Crippen LogP contribution is 2.24. The molecule has 0 aliphatic rings. The summed E-state index contributed by atoms with van der Waals surface area (Å²) in [5, 5.41) is 11.0. The van der Waals surface area contributed by atoms with Gasteiger partial charge in [-0.25, -0.2) is 0 Å². The zero-order valence-corrected chi connectivity index (χ0v) is 9.25. The molecule has 1 atom stereocenters. The van der Waals surface area contributed by atoms with Gasteiger partial charge in [-0.1, -0.05) is 6.07 Å². The first-order chi connectivity index (χ1) is 7.93. The van der Waals surface area contributed by atoms with Gasteiger partial charge in [0.05, 0.1) is 6.07 Å². The van der Waals surface area contributed by atoms with Crippen LogP contribution in [0.4, 0.5) is 13.2 Å². The van der Waals surface area contributed by atoms with E-state index in [0.29, 0.717) is 0 Å². The second-order valence-electron chi connectivity index (χ2n) is 3.66. The van der Waals surface area contributed by atoms with E-state index in [4.69, 9.17) is 5.26 Å². The molecule has 6 heteroatoms. The smallest absolute Gasteiger partial charge is 0.311 e. The molecule has 0 fully saturated rings. The molecule has 0 aromatic carbocycles. The van der Waals surface area contributed by atoms with Gasteiger partial charge in [0.1, 0.15) is 0 Å². The van der Waals surface area contributed by atoms with E-state index in [-0.39, 0.29) is 6.54 Å². The quantitative estimate of drug-likeness (QED) is 0.881. The van der Waals surface area contributed by atoms with E-state index < -0.39 is 18.6 Å². The van der Waals surface area contributed by atoms with Crippen LogP contribution in [0.2, 0.25) is 0 Å². The Morgan fingerprint density at radius 3 is 2.65 bits per heavy atom. The number of aryl methyl sites for hydroxylation is 1. The summed E-state index contributed by atoms with van der Waals surface area (Å²) in [6.45, 7) is 1.68. The zero-order valence-electron chi connectivity index (χ0n) is 9.25. The van der Waals surface area contributed by atoms with Crippen molar-refractivity contribution in [2.75, 3.05) is 6.54 Å². The van der Waals surface area contributed by atoms with E-state index in [1.165, 1.54) is 6.07 Å². The maximum absolute atomic E-state index is 12.2.